The van der Waals surface area contributed by atoms with Crippen LogP contribution in [-0.2, 0) is 0 Å². The molecule has 0 aliphatic carbocycles. The zero-order valence-corrected chi connectivity index (χ0v) is 12.8. The average molecular weight is 297 g/mol. The molecule has 1 aromatic heterocycles. The Morgan fingerprint density at radius 1 is 1.40 bits per heavy atom. The van der Waals surface area contributed by atoms with Crippen LogP contribution in [0.4, 0.5) is 5.00 Å². The van der Waals surface area contributed by atoms with Crippen molar-refractivity contribution in [2.75, 3.05) is 26.2 Å². The summed E-state index contributed by atoms with van der Waals surface area (Å²) in [5.74, 6) is 0. The van der Waals surface area contributed by atoms with Gasteiger partial charge in [0.2, 0.25) is 0 Å². The van der Waals surface area contributed by atoms with Crippen LogP contribution in [0.15, 0.2) is 12.1 Å². The Labute approximate surface area is 124 Å². The van der Waals surface area contributed by atoms with Crippen molar-refractivity contribution in [1.29, 1.82) is 0 Å². The molecule has 1 fully saturated rings. The summed E-state index contributed by atoms with van der Waals surface area (Å²) < 4.78 is 0. The second kappa shape index (κ2) is 7.71. The van der Waals surface area contributed by atoms with Crippen molar-refractivity contribution >= 4 is 16.3 Å². The smallest absolute Gasteiger partial charge is 0.314 e. The molecule has 0 bridgehead atoms. The molecule has 1 aromatic rings. The highest BCUT2D eigenvalue weighted by Gasteiger charge is 2.24. The maximum Gasteiger partial charge on any atom is 0.324 e. The van der Waals surface area contributed by atoms with Crippen molar-refractivity contribution in [2.45, 2.75) is 38.6 Å². The quantitative estimate of drug-likeness (QED) is 0.477. The first kappa shape index (κ1) is 15.4. The second-order valence-electron chi connectivity index (χ2n) is 5.23. The van der Waals surface area contributed by atoms with Gasteiger partial charge in [-0.05, 0) is 12.5 Å². The van der Waals surface area contributed by atoms with Gasteiger partial charge in [0, 0.05) is 43.2 Å². The van der Waals surface area contributed by atoms with Gasteiger partial charge < -0.3 is 5.32 Å². The lowest BCUT2D eigenvalue weighted by atomic mass is 10.0. The number of hydrogen-bond donors (Lipinski definition) is 1. The summed E-state index contributed by atoms with van der Waals surface area (Å²) >= 11 is 1.34. The van der Waals surface area contributed by atoms with Gasteiger partial charge in [-0.2, -0.15) is 0 Å². The van der Waals surface area contributed by atoms with E-state index in [0.717, 1.165) is 37.5 Å². The molecule has 0 aromatic carbocycles. The van der Waals surface area contributed by atoms with Crippen LogP contribution in [-0.4, -0.2) is 36.0 Å². The largest absolute Gasteiger partial charge is 0.324 e. The zero-order chi connectivity index (χ0) is 14.4. The lowest BCUT2D eigenvalue weighted by Gasteiger charge is -2.34. The number of unbranched alkanes of at least 4 members (excludes halogenated alkanes) is 2. The molecule has 5 nitrogen and oxygen atoms in total. The summed E-state index contributed by atoms with van der Waals surface area (Å²) in [4.78, 5) is 14.2. The number of rotatable bonds is 7. The Kier molecular flexibility index (Phi) is 5.94. The van der Waals surface area contributed by atoms with Gasteiger partial charge in [-0.25, -0.2) is 0 Å². The van der Waals surface area contributed by atoms with Crippen LogP contribution < -0.4 is 5.32 Å². The molecule has 1 N–H and O–H groups in total. The fraction of sp³-hybridized carbons (Fsp3) is 0.714. The monoisotopic (exact) mass is 297 g/mol. The molecule has 1 saturated heterocycles. The second-order valence-corrected chi connectivity index (χ2v) is 6.32. The molecule has 1 aliphatic heterocycles. The Balaban J connectivity index is 2.08. The van der Waals surface area contributed by atoms with E-state index in [4.69, 9.17) is 0 Å². The summed E-state index contributed by atoms with van der Waals surface area (Å²) in [5.41, 5.74) is 0. The van der Waals surface area contributed by atoms with Crippen LogP contribution in [0.5, 0.6) is 0 Å². The molecule has 1 atom stereocenters. The minimum absolute atomic E-state index is 0.260. The van der Waals surface area contributed by atoms with Crippen molar-refractivity contribution < 1.29 is 4.92 Å². The highest BCUT2D eigenvalue weighted by Crippen LogP contribution is 2.35. The third-order valence-electron chi connectivity index (χ3n) is 3.79. The lowest BCUT2D eigenvalue weighted by molar-refractivity contribution is -0.380. The fourth-order valence-corrected chi connectivity index (χ4v) is 3.70. The first-order chi connectivity index (χ1) is 9.72. The Hall–Kier alpha value is -0.980. The molecule has 0 amide bonds. The van der Waals surface area contributed by atoms with Crippen molar-refractivity contribution in [3.05, 3.63) is 27.1 Å². The zero-order valence-electron chi connectivity index (χ0n) is 12.0. The molecule has 20 heavy (non-hydrogen) atoms. The molecule has 0 saturated carbocycles. The van der Waals surface area contributed by atoms with Crippen molar-refractivity contribution in [1.82, 2.24) is 10.2 Å². The average Bonchev–Trinajstić information content (AvgIpc) is 2.94. The van der Waals surface area contributed by atoms with Gasteiger partial charge in [0.15, 0.2) is 0 Å². The van der Waals surface area contributed by atoms with Gasteiger partial charge in [-0.3, -0.25) is 15.0 Å². The Morgan fingerprint density at radius 2 is 2.15 bits per heavy atom. The van der Waals surface area contributed by atoms with E-state index in [1.165, 1.54) is 30.6 Å². The summed E-state index contributed by atoms with van der Waals surface area (Å²) in [7, 11) is 0. The molecular weight excluding hydrogens is 274 g/mol. The van der Waals surface area contributed by atoms with Crippen LogP contribution in [0.3, 0.4) is 0 Å². The Morgan fingerprint density at radius 3 is 2.75 bits per heavy atom. The van der Waals surface area contributed by atoms with Gasteiger partial charge in [0.1, 0.15) is 0 Å². The van der Waals surface area contributed by atoms with Gasteiger partial charge in [-0.1, -0.05) is 37.5 Å². The van der Waals surface area contributed by atoms with Crippen molar-refractivity contribution in [3.8, 4) is 0 Å². The number of nitro groups is 1. The number of nitrogens with one attached hydrogen (secondary N) is 1. The number of nitrogens with zero attached hydrogens (tertiary/aromatic N) is 2. The number of hydrogen-bond acceptors (Lipinski definition) is 5. The van der Waals surface area contributed by atoms with E-state index < -0.39 is 0 Å². The maximum absolute atomic E-state index is 10.9. The summed E-state index contributed by atoms with van der Waals surface area (Å²) in [5, 5.41) is 14.5. The molecular formula is C14H23N3O2S. The lowest BCUT2D eigenvalue weighted by Crippen LogP contribution is -2.45. The Bertz CT molecular complexity index is 430. The van der Waals surface area contributed by atoms with Crippen LogP contribution in [0.1, 0.15) is 43.5 Å². The molecule has 2 rings (SSSR count). The summed E-state index contributed by atoms with van der Waals surface area (Å²) in [6, 6.07) is 3.94. The van der Waals surface area contributed by atoms with Crippen LogP contribution >= 0.6 is 11.3 Å². The fourth-order valence-electron chi connectivity index (χ4n) is 2.71. The first-order valence-corrected chi connectivity index (χ1v) is 8.23. The predicted octanol–water partition coefficient (Wildman–Crippen LogP) is 3.18. The SMILES string of the molecule is CCCCC[C@@H](c1ccc([N+](=O)[O-])s1)N1CCNCC1. The van der Waals surface area contributed by atoms with Crippen molar-refractivity contribution in [2.24, 2.45) is 0 Å². The molecule has 1 aliphatic rings. The maximum atomic E-state index is 10.9. The minimum Gasteiger partial charge on any atom is -0.314 e. The van der Waals surface area contributed by atoms with E-state index >= 15 is 0 Å². The minimum atomic E-state index is -0.283. The number of piperazine rings is 1. The summed E-state index contributed by atoms with van der Waals surface area (Å²) in [6.45, 7) is 6.29. The van der Waals surface area contributed by atoms with E-state index in [1.54, 1.807) is 6.07 Å². The van der Waals surface area contributed by atoms with E-state index in [0.29, 0.717) is 6.04 Å². The van der Waals surface area contributed by atoms with Gasteiger partial charge in [0.25, 0.3) is 0 Å². The van der Waals surface area contributed by atoms with Crippen molar-refractivity contribution in [3.63, 3.8) is 0 Å². The van der Waals surface area contributed by atoms with E-state index in [9.17, 15) is 10.1 Å². The summed E-state index contributed by atoms with van der Waals surface area (Å²) in [6.07, 6.45) is 4.73. The molecule has 6 heteroatoms. The van der Waals surface area contributed by atoms with Gasteiger partial charge in [-0.15, -0.1) is 0 Å². The highest BCUT2D eigenvalue weighted by molar-refractivity contribution is 7.15. The standard InChI is InChI=1S/C14H23N3O2S/c1-2-3-4-5-12(16-10-8-15-9-11-16)13-6-7-14(20-13)17(18)19/h6-7,12,15H,2-5,8-11H2,1H3/t12-/m0/s1. The molecule has 0 radical (unpaired) electrons. The normalized spacial score (nSPS) is 18.1. The third kappa shape index (κ3) is 4.01. The molecule has 0 unspecified atom stereocenters. The number of thiophene rings is 1. The van der Waals surface area contributed by atoms with E-state index in [-0.39, 0.29) is 9.92 Å². The van der Waals surface area contributed by atoms with Crippen LogP contribution in [0, 0.1) is 10.1 Å². The predicted molar refractivity (Wildman–Crippen MR) is 82.3 cm³/mol. The van der Waals surface area contributed by atoms with E-state index in [1.807, 2.05) is 6.07 Å². The topological polar surface area (TPSA) is 58.4 Å². The van der Waals surface area contributed by atoms with Gasteiger partial charge >= 0.3 is 5.00 Å². The molecule has 0 spiro atoms. The molecule has 2 heterocycles. The van der Waals surface area contributed by atoms with Crippen LogP contribution in [0.2, 0.25) is 0 Å². The van der Waals surface area contributed by atoms with E-state index in [2.05, 4.69) is 17.1 Å². The highest BCUT2D eigenvalue weighted by atomic mass is 32.1. The molecule has 112 valence electrons. The van der Waals surface area contributed by atoms with Crippen LogP contribution in [0.25, 0.3) is 0 Å². The van der Waals surface area contributed by atoms with Gasteiger partial charge in [0.05, 0.1) is 4.92 Å². The first-order valence-electron chi connectivity index (χ1n) is 7.41. The third-order valence-corrected chi connectivity index (χ3v) is 4.93.